The minimum absolute atomic E-state index is 0.288. The molecule has 1 aliphatic carbocycles. The van der Waals surface area contributed by atoms with Crippen LogP contribution in [0.3, 0.4) is 0 Å². The molecule has 2 rings (SSSR count). The first-order valence-electron chi connectivity index (χ1n) is 6.13. The average molecular weight is 328 g/mol. The van der Waals surface area contributed by atoms with Gasteiger partial charge < -0.3 is 0 Å². The van der Waals surface area contributed by atoms with Crippen molar-refractivity contribution in [2.75, 3.05) is 0 Å². The molecule has 1 aromatic rings. The third-order valence-electron chi connectivity index (χ3n) is 3.41. The molecule has 0 saturated carbocycles. The minimum Gasteiger partial charge on any atom is -0.227 e. The highest BCUT2D eigenvalue weighted by Gasteiger charge is 2.50. The summed E-state index contributed by atoms with van der Waals surface area (Å²) in [7, 11) is -8.77. The van der Waals surface area contributed by atoms with Crippen LogP contribution in [-0.2, 0) is 26.5 Å². The molecule has 0 fully saturated rings. The predicted molar refractivity (Wildman–Crippen MR) is 80.9 cm³/mol. The maximum Gasteiger partial charge on any atom is 0.234 e. The molecule has 0 heterocycles. The molecule has 0 bridgehead atoms. The summed E-state index contributed by atoms with van der Waals surface area (Å²) in [5, 5.41) is 10.1. The average Bonchev–Trinajstić information content (AvgIpc) is 2.38. The topological polar surface area (TPSA) is 120 Å². The van der Waals surface area contributed by atoms with Crippen molar-refractivity contribution in [3.8, 4) is 0 Å². The van der Waals surface area contributed by atoms with E-state index in [-0.39, 0.29) is 6.42 Å². The molecule has 0 unspecified atom stereocenters. The van der Waals surface area contributed by atoms with E-state index in [2.05, 4.69) is 0 Å². The Morgan fingerprint density at radius 3 is 2.00 bits per heavy atom. The normalized spacial score (nSPS) is 18.3. The standard InChI is InChI=1S/C13H16N2O4S2/c14-20(16,17)13(21(15,18)19)8-6-12(7-9-13)10-11-4-2-1-3-5-11/h1-8H,9-10H2,(H2,14,16,17)(H2,15,18,19). The van der Waals surface area contributed by atoms with Gasteiger partial charge in [0.2, 0.25) is 24.1 Å². The molecule has 1 aromatic carbocycles. The Labute approximate surface area is 124 Å². The molecule has 21 heavy (non-hydrogen) atoms. The number of nitrogens with two attached hydrogens (primary N) is 2. The molecule has 1 aliphatic rings. The van der Waals surface area contributed by atoms with E-state index in [1.54, 1.807) is 6.08 Å². The van der Waals surface area contributed by atoms with Crippen LogP contribution in [0.4, 0.5) is 0 Å². The van der Waals surface area contributed by atoms with Crippen LogP contribution in [0.25, 0.3) is 0 Å². The SMILES string of the molecule is NS(=O)(=O)C1(S(N)(=O)=O)C=CC(Cc2ccccc2)=CC1. The van der Waals surface area contributed by atoms with Crippen molar-refractivity contribution in [2.24, 2.45) is 10.3 Å². The Morgan fingerprint density at radius 1 is 1.00 bits per heavy atom. The maximum atomic E-state index is 11.7. The van der Waals surface area contributed by atoms with Crippen molar-refractivity contribution < 1.29 is 16.8 Å². The Kier molecular flexibility index (Phi) is 4.07. The van der Waals surface area contributed by atoms with E-state index in [1.807, 2.05) is 30.3 Å². The molecule has 0 radical (unpaired) electrons. The molecule has 0 spiro atoms. The van der Waals surface area contributed by atoms with Crippen molar-refractivity contribution in [3.63, 3.8) is 0 Å². The lowest BCUT2D eigenvalue weighted by molar-refractivity contribution is 0.559. The summed E-state index contributed by atoms with van der Waals surface area (Å²) in [6.45, 7) is 0. The first-order chi connectivity index (χ1) is 9.66. The number of hydrogen-bond donors (Lipinski definition) is 2. The van der Waals surface area contributed by atoms with Crippen LogP contribution in [-0.4, -0.2) is 20.9 Å². The first-order valence-corrected chi connectivity index (χ1v) is 9.22. The van der Waals surface area contributed by atoms with Crippen molar-refractivity contribution in [3.05, 3.63) is 59.7 Å². The number of allylic oxidation sites excluding steroid dienone is 3. The minimum atomic E-state index is -4.39. The van der Waals surface area contributed by atoms with Gasteiger partial charge in [0.05, 0.1) is 0 Å². The number of rotatable bonds is 4. The van der Waals surface area contributed by atoms with E-state index in [9.17, 15) is 16.8 Å². The highest BCUT2D eigenvalue weighted by Crippen LogP contribution is 2.32. The smallest absolute Gasteiger partial charge is 0.227 e. The van der Waals surface area contributed by atoms with Gasteiger partial charge in [-0.25, -0.2) is 27.1 Å². The number of sulfonamides is 2. The lowest BCUT2D eigenvalue weighted by atomic mass is 9.99. The third-order valence-corrected chi connectivity index (χ3v) is 7.34. The second-order valence-electron chi connectivity index (χ2n) is 4.88. The molecule has 8 heteroatoms. The van der Waals surface area contributed by atoms with Gasteiger partial charge in [0.25, 0.3) is 0 Å². The Morgan fingerprint density at radius 2 is 1.57 bits per heavy atom. The molecule has 0 atom stereocenters. The Hall–Kier alpha value is -1.48. The van der Waals surface area contributed by atoms with Gasteiger partial charge in [-0.05, 0) is 23.6 Å². The van der Waals surface area contributed by atoms with Crippen LogP contribution in [0.15, 0.2) is 54.1 Å². The van der Waals surface area contributed by atoms with E-state index >= 15 is 0 Å². The van der Waals surface area contributed by atoms with Crippen LogP contribution >= 0.6 is 0 Å². The number of primary sulfonamides is 2. The van der Waals surface area contributed by atoms with Gasteiger partial charge in [-0.3, -0.25) is 0 Å². The lowest BCUT2D eigenvalue weighted by Crippen LogP contribution is -2.52. The molecule has 0 amide bonds. The molecule has 114 valence electrons. The Balaban J connectivity index is 2.31. The quantitative estimate of drug-likeness (QED) is 0.830. The fourth-order valence-corrected chi connectivity index (χ4v) is 4.63. The summed E-state index contributed by atoms with van der Waals surface area (Å²) >= 11 is 0. The van der Waals surface area contributed by atoms with Crippen molar-refractivity contribution >= 4 is 20.0 Å². The molecule has 0 aliphatic heterocycles. The number of hydrogen-bond acceptors (Lipinski definition) is 4. The van der Waals surface area contributed by atoms with E-state index in [1.165, 1.54) is 6.08 Å². The van der Waals surface area contributed by atoms with Gasteiger partial charge in [0.1, 0.15) is 0 Å². The van der Waals surface area contributed by atoms with Crippen LogP contribution in [0.2, 0.25) is 0 Å². The van der Waals surface area contributed by atoms with E-state index in [0.717, 1.165) is 17.2 Å². The van der Waals surface area contributed by atoms with Gasteiger partial charge in [-0.15, -0.1) is 0 Å². The molecule has 0 saturated heterocycles. The summed E-state index contributed by atoms with van der Waals surface area (Å²) in [6, 6.07) is 9.52. The summed E-state index contributed by atoms with van der Waals surface area (Å²) in [5.74, 6) is 0. The molecule has 0 aromatic heterocycles. The zero-order valence-corrected chi connectivity index (χ0v) is 12.8. The summed E-state index contributed by atoms with van der Waals surface area (Å²) in [6.07, 6.45) is 4.34. The Bertz CT molecular complexity index is 762. The molecular weight excluding hydrogens is 312 g/mol. The largest absolute Gasteiger partial charge is 0.234 e. The van der Waals surface area contributed by atoms with Gasteiger partial charge in [0, 0.05) is 6.42 Å². The van der Waals surface area contributed by atoms with Crippen LogP contribution in [0.1, 0.15) is 12.0 Å². The summed E-state index contributed by atoms with van der Waals surface area (Å²) < 4.78 is 44.4. The van der Waals surface area contributed by atoms with Gasteiger partial charge in [-0.1, -0.05) is 42.5 Å². The second kappa shape index (κ2) is 5.38. The van der Waals surface area contributed by atoms with Crippen LogP contribution < -0.4 is 10.3 Å². The molecule has 4 N–H and O–H groups in total. The van der Waals surface area contributed by atoms with Crippen molar-refractivity contribution in [1.82, 2.24) is 0 Å². The van der Waals surface area contributed by atoms with E-state index in [4.69, 9.17) is 10.3 Å². The van der Waals surface area contributed by atoms with Gasteiger partial charge in [0.15, 0.2) is 0 Å². The zero-order valence-electron chi connectivity index (χ0n) is 11.1. The van der Waals surface area contributed by atoms with Crippen molar-refractivity contribution in [1.29, 1.82) is 0 Å². The highest BCUT2D eigenvalue weighted by atomic mass is 32.3. The van der Waals surface area contributed by atoms with Crippen molar-refractivity contribution in [2.45, 2.75) is 16.9 Å². The second-order valence-corrected chi connectivity index (χ2v) is 8.78. The van der Waals surface area contributed by atoms with Gasteiger partial charge in [-0.2, -0.15) is 0 Å². The molecular formula is C13H16N2O4S2. The fraction of sp³-hybridized carbons (Fsp3) is 0.231. The maximum absolute atomic E-state index is 11.7. The van der Waals surface area contributed by atoms with E-state index < -0.39 is 24.1 Å². The molecule has 6 nitrogen and oxygen atoms in total. The third kappa shape index (κ3) is 3.08. The number of benzene rings is 1. The summed E-state index contributed by atoms with van der Waals surface area (Å²) in [5.41, 5.74) is 1.84. The van der Waals surface area contributed by atoms with Crippen LogP contribution in [0, 0.1) is 0 Å². The zero-order chi connectivity index (χ0) is 15.7. The van der Waals surface area contributed by atoms with Crippen LogP contribution in [0.5, 0.6) is 0 Å². The highest BCUT2D eigenvalue weighted by molar-refractivity contribution is 8.08. The monoisotopic (exact) mass is 328 g/mol. The first kappa shape index (κ1) is 15.9. The summed E-state index contributed by atoms with van der Waals surface area (Å²) in [4.78, 5) is 0. The predicted octanol–water partition coefficient (Wildman–Crippen LogP) is 0.389. The fourth-order valence-electron chi connectivity index (χ4n) is 2.19. The lowest BCUT2D eigenvalue weighted by Gasteiger charge is -2.27. The van der Waals surface area contributed by atoms with Gasteiger partial charge >= 0.3 is 0 Å². The van der Waals surface area contributed by atoms with E-state index in [0.29, 0.717) is 6.42 Å².